The lowest BCUT2D eigenvalue weighted by Crippen LogP contribution is -2.60. The number of hydrogen-bond acceptors (Lipinski definition) is 2. The molecule has 1 amide bonds. The summed E-state index contributed by atoms with van der Waals surface area (Å²) in [5.41, 5.74) is 0.593. The molecule has 0 aromatic rings. The molecule has 0 radical (unpaired) electrons. The molecule has 3 nitrogen and oxygen atoms in total. The van der Waals surface area contributed by atoms with Crippen LogP contribution in [0.25, 0.3) is 0 Å². The van der Waals surface area contributed by atoms with Crippen molar-refractivity contribution in [3.05, 3.63) is 0 Å². The van der Waals surface area contributed by atoms with E-state index in [9.17, 15) is 4.79 Å². The summed E-state index contributed by atoms with van der Waals surface area (Å²) < 4.78 is 0. The molecule has 4 saturated carbocycles. The maximum atomic E-state index is 12.8. The summed E-state index contributed by atoms with van der Waals surface area (Å²) in [4.78, 5) is 15.1. The van der Waals surface area contributed by atoms with Crippen molar-refractivity contribution in [1.29, 1.82) is 0 Å². The first-order chi connectivity index (χ1) is 10.5. The minimum Gasteiger partial charge on any atom is -0.351 e. The second-order valence-corrected chi connectivity index (χ2v) is 9.09. The lowest BCUT2D eigenvalue weighted by atomic mass is 9.48. The van der Waals surface area contributed by atoms with Crippen LogP contribution in [0.1, 0.15) is 65.2 Å². The van der Waals surface area contributed by atoms with Crippen LogP contribution in [0.15, 0.2) is 0 Å². The van der Waals surface area contributed by atoms with Gasteiger partial charge < -0.3 is 5.32 Å². The Morgan fingerprint density at radius 3 is 2.32 bits per heavy atom. The standard InChI is InChI=1S/C19H32N2O/c1-13(21-6-4-3-5-7-21)18(22)20-17-15-8-14-9-16(17)12-19(2,10-14)11-15/h13-17H,3-12H2,1-2H3,(H,20,22). The number of piperidine rings is 1. The van der Waals surface area contributed by atoms with E-state index in [0.29, 0.717) is 17.4 Å². The SMILES string of the molecule is CC(C(=O)NC1C2CC3CC1CC(C)(C3)C2)N1CCCCC1. The number of hydrogen-bond donors (Lipinski definition) is 1. The highest BCUT2D eigenvalue weighted by Gasteiger charge is 2.53. The first kappa shape index (κ1) is 15.0. The smallest absolute Gasteiger partial charge is 0.237 e. The highest BCUT2D eigenvalue weighted by molar-refractivity contribution is 5.81. The minimum atomic E-state index is 0.0630. The average molecular weight is 304 g/mol. The predicted molar refractivity (Wildman–Crippen MR) is 88.5 cm³/mol. The summed E-state index contributed by atoms with van der Waals surface area (Å²) in [7, 11) is 0. The second-order valence-electron chi connectivity index (χ2n) is 9.09. The number of amides is 1. The van der Waals surface area contributed by atoms with Crippen molar-refractivity contribution >= 4 is 5.91 Å². The highest BCUT2D eigenvalue weighted by atomic mass is 16.2. The number of nitrogens with zero attached hydrogens (tertiary/aromatic N) is 1. The Hall–Kier alpha value is -0.570. The molecule has 4 aliphatic carbocycles. The summed E-state index contributed by atoms with van der Waals surface area (Å²) in [5.74, 6) is 2.77. The van der Waals surface area contributed by atoms with Gasteiger partial charge in [-0.1, -0.05) is 13.3 Å². The Bertz CT molecular complexity index is 427. The summed E-state index contributed by atoms with van der Waals surface area (Å²) in [6.07, 6.45) is 10.7. The largest absolute Gasteiger partial charge is 0.351 e. The van der Waals surface area contributed by atoms with Gasteiger partial charge in [-0.2, -0.15) is 0 Å². The average Bonchev–Trinajstić information content (AvgIpc) is 2.49. The van der Waals surface area contributed by atoms with Gasteiger partial charge in [0.2, 0.25) is 5.91 Å². The molecular weight excluding hydrogens is 272 g/mol. The van der Waals surface area contributed by atoms with Gasteiger partial charge in [0.1, 0.15) is 0 Å². The van der Waals surface area contributed by atoms with Gasteiger partial charge in [0.25, 0.3) is 0 Å². The molecule has 22 heavy (non-hydrogen) atoms. The van der Waals surface area contributed by atoms with Gasteiger partial charge in [-0.25, -0.2) is 0 Å². The Balaban J connectivity index is 1.40. The van der Waals surface area contributed by atoms with Crippen LogP contribution < -0.4 is 5.32 Å². The third kappa shape index (κ3) is 2.60. The third-order valence-electron chi connectivity index (χ3n) is 7.21. The highest BCUT2D eigenvalue weighted by Crippen LogP contribution is 2.59. The fourth-order valence-corrected chi connectivity index (χ4v) is 6.42. The van der Waals surface area contributed by atoms with Crippen molar-refractivity contribution in [2.45, 2.75) is 77.3 Å². The van der Waals surface area contributed by atoms with E-state index in [0.717, 1.165) is 30.8 Å². The van der Waals surface area contributed by atoms with Gasteiger partial charge in [-0.15, -0.1) is 0 Å². The fourth-order valence-electron chi connectivity index (χ4n) is 6.42. The lowest BCUT2D eigenvalue weighted by molar-refractivity contribution is -0.132. The molecular formula is C19H32N2O. The van der Waals surface area contributed by atoms with Gasteiger partial charge in [0.05, 0.1) is 6.04 Å². The number of carbonyl (C=O) groups is 1. The van der Waals surface area contributed by atoms with Crippen LogP contribution in [0.2, 0.25) is 0 Å². The van der Waals surface area contributed by atoms with Crippen LogP contribution in [0.3, 0.4) is 0 Å². The first-order valence-electron chi connectivity index (χ1n) is 9.58. The quantitative estimate of drug-likeness (QED) is 0.868. The van der Waals surface area contributed by atoms with Crippen LogP contribution in [-0.2, 0) is 4.79 Å². The van der Waals surface area contributed by atoms with E-state index in [-0.39, 0.29) is 6.04 Å². The van der Waals surface area contributed by atoms with E-state index >= 15 is 0 Å². The molecule has 0 aromatic carbocycles. The van der Waals surface area contributed by atoms with Crippen LogP contribution in [0.5, 0.6) is 0 Å². The second kappa shape index (κ2) is 5.51. The first-order valence-corrected chi connectivity index (χ1v) is 9.58. The summed E-state index contributed by atoms with van der Waals surface area (Å²) >= 11 is 0. The van der Waals surface area contributed by atoms with Gasteiger partial charge in [-0.05, 0) is 88.1 Å². The van der Waals surface area contributed by atoms with Gasteiger partial charge >= 0.3 is 0 Å². The number of carbonyl (C=O) groups excluding carboxylic acids is 1. The van der Waals surface area contributed by atoms with Crippen LogP contribution in [-0.4, -0.2) is 36.0 Å². The van der Waals surface area contributed by atoms with Gasteiger partial charge in [-0.3, -0.25) is 9.69 Å². The zero-order chi connectivity index (χ0) is 15.3. The van der Waals surface area contributed by atoms with E-state index in [4.69, 9.17) is 0 Å². The molecule has 5 rings (SSSR count). The molecule has 3 unspecified atom stereocenters. The van der Waals surface area contributed by atoms with Crippen molar-refractivity contribution < 1.29 is 4.79 Å². The molecule has 0 spiro atoms. The molecule has 124 valence electrons. The summed E-state index contributed by atoms with van der Waals surface area (Å²) in [5, 5.41) is 3.50. The molecule has 5 fully saturated rings. The number of nitrogens with one attached hydrogen (secondary N) is 1. The van der Waals surface area contributed by atoms with Crippen LogP contribution >= 0.6 is 0 Å². The normalized spacial score (nSPS) is 45.7. The molecule has 1 heterocycles. The molecule has 1 N–H and O–H groups in total. The van der Waals surface area contributed by atoms with E-state index in [1.54, 1.807) is 0 Å². The Labute approximate surface area is 135 Å². The third-order valence-corrected chi connectivity index (χ3v) is 7.21. The predicted octanol–water partition coefficient (Wildman–Crippen LogP) is 3.19. The summed E-state index contributed by atoms with van der Waals surface area (Å²) in [6, 6.07) is 0.539. The molecule has 3 atom stereocenters. The van der Waals surface area contributed by atoms with Gasteiger partial charge in [0.15, 0.2) is 0 Å². The Kier molecular flexibility index (Phi) is 3.75. The molecule has 0 aromatic heterocycles. The fraction of sp³-hybridized carbons (Fsp3) is 0.947. The number of rotatable bonds is 3. The molecule has 1 saturated heterocycles. The lowest BCUT2D eigenvalue weighted by Gasteiger charge is -2.59. The van der Waals surface area contributed by atoms with E-state index in [2.05, 4.69) is 24.1 Å². The molecule has 1 aliphatic heterocycles. The maximum absolute atomic E-state index is 12.8. The monoisotopic (exact) mass is 304 g/mol. The topological polar surface area (TPSA) is 32.3 Å². The minimum absolute atomic E-state index is 0.0630. The zero-order valence-corrected chi connectivity index (χ0v) is 14.3. The van der Waals surface area contributed by atoms with Gasteiger partial charge in [0, 0.05) is 6.04 Å². The molecule has 4 bridgehead atoms. The Morgan fingerprint density at radius 2 is 1.73 bits per heavy atom. The number of likely N-dealkylation sites (tertiary alicyclic amines) is 1. The molecule has 5 aliphatic rings. The van der Waals surface area contributed by atoms with Crippen molar-refractivity contribution in [2.24, 2.45) is 23.2 Å². The van der Waals surface area contributed by atoms with E-state index in [1.165, 1.54) is 51.4 Å². The summed E-state index contributed by atoms with van der Waals surface area (Å²) in [6.45, 7) is 6.81. The van der Waals surface area contributed by atoms with Crippen molar-refractivity contribution in [3.63, 3.8) is 0 Å². The van der Waals surface area contributed by atoms with E-state index in [1.807, 2.05) is 0 Å². The molecule has 3 heteroatoms. The van der Waals surface area contributed by atoms with Crippen molar-refractivity contribution in [2.75, 3.05) is 13.1 Å². The Morgan fingerprint density at radius 1 is 1.09 bits per heavy atom. The van der Waals surface area contributed by atoms with Crippen LogP contribution in [0.4, 0.5) is 0 Å². The van der Waals surface area contributed by atoms with E-state index < -0.39 is 0 Å². The van der Waals surface area contributed by atoms with Crippen molar-refractivity contribution in [3.8, 4) is 0 Å². The maximum Gasteiger partial charge on any atom is 0.237 e. The van der Waals surface area contributed by atoms with Crippen molar-refractivity contribution in [1.82, 2.24) is 10.2 Å². The zero-order valence-electron chi connectivity index (χ0n) is 14.3. The van der Waals surface area contributed by atoms with Crippen LogP contribution in [0, 0.1) is 23.2 Å².